The fraction of sp³-hybridized carbons (Fsp3) is 0.233. The van der Waals surface area contributed by atoms with Crippen molar-refractivity contribution in [2.24, 2.45) is 5.92 Å². The van der Waals surface area contributed by atoms with Gasteiger partial charge in [0.2, 0.25) is 17.7 Å². The number of halogens is 3. The highest BCUT2D eigenvalue weighted by atomic mass is 32.2. The van der Waals surface area contributed by atoms with E-state index in [9.17, 15) is 37.1 Å². The summed E-state index contributed by atoms with van der Waals surface area (Å²) in [5.74, 6) is -3.82. The van der Waals surface area contributed by atoms with Gasteiger partial charge in [0, 0.05) is 5.69 Å². The molecule has 1 N–H and O–H groups in total. The number of furan rings is 1. The summed E-state index contributed by atoms with van der Waals surface area (Å²) >= 11 is 1.77. The van der Waals surface area contributed by atoms with Crippen LogP contribution in [-0.4, -0.2) is 40.1 Å². The number of carbonyl (C=O) groups excluding carboxylic acids is 4. The van der Waals surface area contributed by atoms with Gasteiger partial charge in [-0.2, -0.15) is 13.2 Å². The third-order valence-corrected chi connectivity index (χ3v) is 9.91. The molecule has 2 aliphatic heterocycles. The highest BCUT2D eigenvalue weighted by Crippen LogP contribution is 2.54. The summed E-state index contributed by atoms with van der Waals surface area (Å²) in [7, 11) is 0. The molecule has 2 aromatic heterocycles. The number of nitrogens with zero attached hydrogens (tertiary/aromatic N) is 2. The van der Waals surface area contributed by atoms with Gasteiger partial charge in [-0.15, -0.1) is 0 Å². The zero-order valence-corrected chi connectivity index (χ0v) is 24.8. The second-order valence-electron chi connectivity index (χ2n) is 10.1. The van der Waals surface area contributed by atoms with Gasteiger partial charge in [-0.3, -0.25) is 23.7 Å². The number of ether oxygens (including phenoxy) is 1. The van der Waals surface area contributed by atoms with Crippen LogP contribution >= 0.6 is 23.1 Å². The maximum absolute atomic E-state index is 13.9. The lowest BCUT2D eigenvalue weighted by molar-refractivity contribution is -0.137. The Morgan fingerprint density at radius 2 is 1.78 bits per heavy atom. The van der Waals surface area contributed by atoms with Gasteiger partial charge < -0.3 is 14.5 Å². The molecule has 0 radical (unpaired) electrons. The minimum Gasteiger partial charge on any atom is -0.469 e. The lowest BCUT2D eigenvalue weighted by atomic mass is 9.87. The molecule has 0 spiro atoms. The van der Waals surface area contributed by atoms with E-state index in [-0.39, 0.29) is 28.6 Å². The average Bonchev–Trinajstić information content (AvgIpc) is 3.70. The molecule has 1 saturated heterocycles. The lowest BCUT2D eigenvalue weighted by Crippen LogP contribution is -2.32. The summed E-state index contributed by atoms with van der Waals surface area (Å²) in [5.41, 5.74) is -0.561. The third kappa shape index (κ3) is 5.57. The largest absolute Gasteiger partial charge is 0.469 e. The number of aromatic nitrogens is 1. The van der Waals surface area contributed by atoms with Crippen LogP contribution in [-0.2, 0) is 31.8 Å². The molecule has 2 aromatic carbocycles. The first-order valence-corrected chi connectivity index (χ1v) is 15.2. The average molecular weight is 658 g/mol. The summed E-state index contributed by atoms with van der Waals surface area (Å²) in [6, 6.07) is 13.2. The maximum Gasteiger partial charge on any atom is 0.416 e. The summed E-state index contributed by atoms with van der Waals surface area (Å²) in [6.45, 7) is 1.31. The molecule has 4 aromatic rings. The summed E-state index contributed by atoms with van der Waals surface area (Å²) < 4.78 is 51.2. The van der Waals surface area contributed by atoms with Gasteiger partial charge in [0.15, 0.2) is 0 Å². The summed E-state index contributed by atoms with van der Waals surface area (Å²) in [6.07, 6.45) is -3.21. The highest BCUT2D eigenvalue weighted by Gasteiger charge is 2.57. The number of fused-ring (bicyclic) bond motifs is 2. The predicted octanol–water partition coefficient (Wildman–Crippen LogP) is 5.13. The Hall–Kier alpha value is -4.63. The Morgan fingerprint density at radius 3 is 2.44 bits per heavy atom. The quantitative estimate of drug-likeness (QED) is 0.214. The Morgan fingerprint density at radius 1 is 1.02 bits per heavy atom. The molecular formula is C30H22F3N3O7S2. The SMILES string of the molecule is CCOC(=O)c1ccc(N2C(=O)C3Sc4c(sc(=O)n4CC(=O)Nc4cccc(C(F)(F)F)c4)[C@H](c4ccco4)C3C2=O)cc1. The van der Waals surface area contributed by atoms with E-state index in [0.29, 0.717) is 10.6 Å². The minimum atomic E-state index is -4.61. The van der Waals surface area contributed by atoms with E-state index in [1.54, 1.807) is 19.1 Å². The molecule has 0 bridgehead atoms. The van der Waals surface area contributed by atoms with Crippen molar-refractivity contribution in [3.8, 4) is 0 Å². The number of benzene rings is 2. The Kier molecular flexibility index (Phi) is 7.91. The summed E-state index contributed by atoms with van der Waals surface area (Å²) in [5, 5.41) is 1.69. The van der Waals surface area contributed by atoms with Crippen molar-refractivity contribution in [3.63, 3.8) is 0 Å². The van der Waals surface area contributed by atoms with Crippen LogP contribution < -0.4 is 15.1 Å². The second kappa shape index (κ2) is 11.7. The fourth-order valence-electron chi connectivity index (χ4n) is 5.36. The van der Waals surface area contributed by atoms with Gasteiger partial charge in [0.05, 0.1) is 51.4 Å². The van der Waals surface area contributed by atoms with E-state index in [1.807, 2.05) is 0 Å². The van der Waals surface area contributed by atoms with Gasteiger partial charge in [-0.25, -0.2) is 9.69 Å². The molecule has 232 valence electrons. The number of imide groups is 1. The molecule has 2 unspecified atom stereocenters. The van der Waals surface area contributed by atoms with Crippen LogP contribution in [0.1, 0.15) is 39.4 Å². The van der Waals surface area contributed by atoms with E-state index < -0.39 is 63.9 Å². The number of anilines is 2. The van der Waals surface area contributed by atoms with Crippen molar-refractivity contribution in [2.75, 3.05) is 16.8 Å². The molecule has 2 aliphatic rings. The van der Waals surface area contributed by atoms with Crippen LogP contribution in [0.25, 0.3) is 0 Å². The fourth-order valence-corrected chi connectivity index (χ4v) is 8.12. The zero-order chi connectivity index (χ0) is 32.0. The summed E-state index contributed by atoms with van der Waals surface area (Å²) in [4.78, 5) is 66.8. The van der Waals surface area contributed by atoms with E-state index in [4.69, 9.17) is 9.15 Å². The van der Waals surface area contributed by atoms with E-state index >= 15 is 0 Å². The third-order valence-electron chi connectivity index (χ3n) is 7.31. The second-order valence-corrected chi connectivity index (χ2v) is 12.2. The highest BCUT2D eigenvalue weighted by molar-refractivity contribution is 8.00. The van der Waals surface area contributed by atoms with Crippen LogP contribution in [0.4, 0.5) is 24.5 Å². The molecule has 15 heteroatoms. The molecular weight excluding hydrogens is 635 g/mol. The van der Waals surface area contributed by atoms with Crippen molar-refractivity contribution in [2.45, 2.75) is 35.8 Å². The van der Waals surface area contributed by atoms with E-state index in [0.717, 1.165) is 50.8 Å². The van der Waals surface area contributed by atoms with Crippen molar-refractivity contribution in [1.82, 2.24) is 4.57 Å². The van der Waals surface area contributed by atoms with Gasteiger partial charge in [0.1, 0.15) is 17.6 Å². The van der Waals surface area contributed by atoms with E-state index in [1.165, 1.54) is 36.6 Å². The van der Waals surface area contributed by atoms with Crippen LogP contribution in [0, 0.1) is 5.92 Å². The first kappa shape index (κ1) is 30.4. The number of thioether (sulfide) groups is 1. The van der Waals surface area contributed by atoms with Crippen LogP contribution in [0.3, 0.4) is 0 Å². The number of nitrogens with one attached hydrogen (secondary N) is 1. The van der Waals surface area contributed by atoms with Gasteiger partial charge in [0.25, 0.3) is 0 Å². The molecule has 3 amide bonds. The molecule has 10 nitrogen and oxygen atoms in total. The van der Waals surface area contributed by atoms with Crippen molar-refractivity contribution < 1.29 is 41.5 Å². The van der Waals surface area contributed by atoms with E-state index in [2.05, 4.69) is 5.32 Å². The smallest absolute Gasteiger partial charge is 0.416 e. The van der Waals surface area contributed by atoms with Gasteiger partial charge in [-0.1, -0.05) is 29.2 Å². The van der Waals surface area contributed by atoms with Crippen molar-refractivity contribution >= 4 is 58.2 Å². The minimum absolute atomic E-state index is 0.102. The van der Waals surface area contributed by atoms with Crippen LogP contribution in [0.15, 0.2) is 81.2 Å². The molecule has 3 atom stereocenters. The maximum atomic E-state index is 13.9. The number of thiazole rings is 1. The normalized spacial score (nSPS) is 19.3. The van der Waals surface area contributed by atoms with Crippen molar-refractivity contribution in [1.29, 1.82) is 0 Å². The Balaban J connectivity index is 1.32. The Labute approximate surface area is 260 Å². The lowest BCUT2D eigenvalue weighted by Gasteiger charge is -2.29. The number of hydrogen-bond acceptors (Lipinski definition) is 9. The number of rotatable bonds is 7. The number of carbonyl (C=O) groups is 4. The standard InChI is InChI=1S/C30H22F3N3O7S2/c1-2-42-28(40)15-8-10-18(11-9-15)36-25(38)22-21(19-7-4-12-43-19)24-27(44-23(22)26(36)39)35(29(41)45-24)14-20(37)34-17-6-3-5-16(13-17)30(31,32)33/h3-13,21-23H,2,14H2,1H3,(H,34,37)/t21-,22?,23?/m1/s1. The van der Waals surface area contributed by atoms with Gasteiger partial charge in [-0.05, 0) is 61.5 Å². The molecule has 45 heavy (non-hydrogen) atoms. The number of amides is 3. The molecule has 4 heterocycles. The Bertz CT molecular complexity index is 1870. The molecule has 0 saturated carbocycles. The number of hydrogen-bond donors (Lipinski definition) is 1. The first-order chi connectivity index (χ1) is 21.5. The van der Waals surface area contributed by atoms with Crippen LogP contribution in [0.5, 0.6) is 0 Å². The monoisotopic (exact) mass is 657 g/mol. The topological polar surface area (TPSA) is 128 Å². The molecule has 1 fully saturated rings. The molecule has 0 aliphatic carbocycles. The van der Waals surface area contributed by atoms with Crippen LogP contribution in [0.2, 0.25) is 0 Å². The number of alkyl halides is 3. The first-order valence-electron chi connectivity index (χ1n) is 13.5. The van der Waals surface area contributed by atoms with Gasteiger partial charge >= 0.3 is 17.0 Å². The predicted molar refractivity (Wildman–Crippen MR) is 157 cm³/mol. The number of esters is 1. The molecule has 6 rings (SSSR count). The zero-order valence-electron chi connectivity index (χ0n) is 23.2. The van der Waals surface area contributed by atoms with Crippen molar-refractivity contribution in [3.05, 3.63) is 98.4 Å².